The third-order valence-electron chi connectivity index (χ3n) is 5.53. The van der Waals surface area contributed by atoms with E-state index in [-0.39, 0.29) is 24.8 Å². The van der Waals surface area contributed by atoms with Gasteiger partial charge >= 0.3 is 0 Å². The van der Waals surface area contributed by atoms with E-state index in [0.717, 1.165) is 28.6 Å². The number of aromatic amines is 1. The summed E-state index contributed by atoms with van der Waals surface area (Å²) in [6.07, 6.45) is 1.97. The van der Waals surface area contributed by atoms with E-state index >= 15 is 0 Å². The molecule has 0 atom stereocenters. The molecular formula is C23H24Cl2N4O2. The summed E-state index contributed by atoms with van der Waals surface area (Å²) >= 11 is 12.3. The van der Waals surface area contributed by atoms with Gasteiger partial charge in [0.2, 0.25) is 11.8 Å². The highest BCUT2D eigenvalue weighted by Crippen LogP contribution is 2.30. The molecule has 4 N–H and O–H groups in total. The first-order valence-corrected chi connectivity index (χ1v) is 11.0. The van der Waals surface area contributed by atoms with Crippen LogP contribution < -0.4 is 11.1 Å². The molecule has 2 amide bonds. The van der Waals surface area contributed by atoms with Crippen LogP contribution >= 0.6 is 23.2 Å². The van der Waals surface area contributed by atoms with Gasteiger partial charge in [-0.2, -0.15) is 0 Å². The van der Waals surface area contributed by atoms with Crippen molar-refractivity contribution in [3.05, 3.63) is 63.3 Å². The lowest BCUT2D eigenvalue weighted by Crippen LogP contribution is -2.36. The van der Waals surface area contributed by atoms with Gasteiger partial charge in [-0.15, -0.1) is 0 Å². The zero-order chi connectivity index (χ0) is 22.0. The summed E-state index contributed by atoms with van der Waals surface area (Å²) in [4.78, 5) is 30.0. The zero-order valence-electron chi connectivity index (χ0n) is 17.0. The number of carbonyl (C=O) groups is 2. The molecule has 1 aliphatic rings. The summed E-state index contributed by atoms with van der Waals surface area (Å²) in [7, 11) is 0. The van der Waals surface area contributed by atoms with E-state index in [0.29, 0.717) is 41.7 Å². The van der Waals surface area contributed by atoms with Crippen molar-refractivity contribution in [3.63, 3.8) is 0 Å². The zero-order valence-corrected chi connectivity index (χ0v) is 18.5. The molecule has 0 fully saturated rings. The largest absolute Gasteiger partial charge is 0.357 e. The quantitative estimate of drug-likeness (QED) is 0.514. The number of benzene rings is 2. The third kappa shape index (κ3) is 5.03. The molecular weight excluding hydrogens is 435 g/mol. The molecule has 6 nitrogen and oxygen atoms in total. The maximum absolute atomic E-state index is 12.9. The lowest BCUT2D eigenvalue weighted by Gasteiger charge is -2.27. The maximum Gasteiger partial charge on any atom is 0.225 e. The smallest absolute Gasteiger partial charge is 0.225 e. The van der Waals surface area contributed by atoms with Gasteiger partial charge < -0.3 is 20.9 Å². The van der Waals surface area contributed by atoms with Crippen LogP contribution in [-0.4, -0.2) is 34.8 Å². The van der Waals surface area contributed by atoms with Crippen LogP contribution in [0.3, 0.4) is 0 Å². The number of anilines is 1. The molecule has 162 valence electrons. The van der Waals surface area contributed by atoms with Crippen molar-refractivity contribution >= 4 is 51.6 Å². The van der Waals surface area contributed by atoms with Crippen LogP contribution in [0.1, 0.15) is 29.7 Å². The van der Waals surface area contributed by atoms with E-state index in [2.05, 4.69) is 10.3 Å². The topological polar surface area (TPSA) is 91.2 Å². The number of halogens is 2. The van der Waals surface area contributed by atoms with Crippen LogP contribution in [0.4, 0.5) is 5.69 Å². The Morgan fingerprint density at radius 3 is 2.74 bits per heavy atom. The minimum absolute atomic E-state index is 0.0935. The van der Waals surface area contributed by atoms with E-state index in [4.69, 9.17) is 28.9 Å². The number of amides is 2. The Hall–Kier alpha value is -2.54. The number of rotatable bonds is 6. The monoisotopic (exact) mass is 458 g/mol. The summed E-state index contributed by atoms with van der Waals surface area (Å²) in [5, 5.41) is 5.16. The molecule has 31 heavy (non-hydrogen) atoms. The molecule has 3 aromatic rings. The number of nitrogens with zero attached hydrogens (tertiary/aromatic N) is 1. The molecule has 0 saturated carbocycles. The SMILES string of the molecule is NCCC(=O)Nc1cc(Cl)cc(CCC(=O)N2CCc3c([nH]c4ccc(Cl)cc34)C2)c1. The van der Waals surface area contributed by atoms with E-state index in [1.165, 1.54) is 5.56 Å². The molecule has 1 aromatic heterocycles. The van der Waals surface area contributed by atoms with Crippen LogP contribution in [0.15, 0.2) is 36.4 Å². The molecule has 0 spiro atoms. The predicted octanol–water partition coefficient (Wildman–Crippen LogP) is 4.28. The number of hydrogen-bond donors (Lipinski definition) is 3. The normalized spacial score (nSPS) is 13.3. The third-order valence-corrected chi connectivity index (χ3v) is 5.98. The number of aryl methyl sites for hydroxylation is 1. The van der Waals surface area contributed by atoms with Crippen molar-refractivity contribution < 1.29 is 9.59 Å². The van der Waals surface area contributed by atoms with Crippen LogP contribution in [0.5, 0.6) is 0 Å². The van der Waals surface area contributed by atoms with Gasteiger partial charge in [-0.05, 0) is 60.4 Å². The Morgan fingerprint density at radius 2 is 1.94 bits per heavy atom. The van der Waals surface area contributed by atoms with Crippen LogP contribution in [0.25, 0.3) is 10.9 Å². The van der Waals surface area contributed by atoms with Gasteiger partial charge in [-0.25, -0.2) is 0 Å². The number of carbonyl (C=O) groups excluding carboxylic acids is 2. The Labute approximate surface area is 190 Å². The van der Waals surface area contributed by atoms with Crippen molar-refractivity contribution in [1.82, 2.24) is 9.88 Å². The molecule has 4 rings (SSSR count). The molecule has 2 aromatic carbocycles. The van der Waals surface area contributed by atoms with Crippen LogP contribution in [0, 0.1) is 0 Å². The fourth-order valence-electron chi connectivity index (χ4n) is 4.06. The molecule has 2 heterocycles. The number of H-pyrrole nitrogens is 1. The van der Waals surface area contributed by atoms with E-state index in [9.17, 15) is 9.59 Å². The predicted molar refractivity (Wildman–Crippen MR) is 125 cm³/mol. The van der Waals surface area contributed by atoms with Gasteiger partial charge in [0.15, 0.2) is 0 Å². The van der Waals surface area contributed by atoms with Gasteiger partial charge in [0.25, 0.3) is 0 Å². The van der Waals surface area contributed by atoms with Crippen LogP contribution in [-0.2, 0) is 29.0 Å². The van der Waals surface area contributed by atoms with E-state index in [1.54, 1.807) is 6.07 Å². The molecule has 0 bridgehead atoms. The summed E-state index contributed by atoms with van der Waals surface area (Å²) in [5.41, 5.74) is 10.3. The van der Waals surface area contributed by atoms with Gasteiger partial charge in [0.05, 0.1) is 6.54 Å². The Morgan fingerprint density at radius 1 is 1.10 bits per heavy atom. The molecule has 8 heteroatoms. The summed E-state index contributed by atoms with van der Waals surface area (Å²) in [5.74, 6) is -0.0634. The standard InChI is InChI=1S/C23H24Cl2N4O2/c24-15-2-3-20-19(12-15)18-6-8-29(13-21(18)28-20)23(31)4-1-14-9-16(25)11-17(10-14)27-22(30)5-7-26/h2-3,9-12,28H,1,4-8,13,26H2,(H,27,30). The van der Waals surface area contributed by atoms with E-state index < -0.39 is 0 Å². The van der Waals surface area contributed by atoms with Crippen molar-refractivity contribution in [2.24, 2.45) is 5.73 Å². The Kier molecular flexibility index (Phi) is 6.51. The number of nitrogens with two attached hydrogens (primary N) is 1. The fraction of sp³-hybridized carbons (Fsp3) is 0.304. The highest BCUT2D eigenvalue weighted by molar-refractivity contribution is 6.31. The lowest BCUT2D eigenvalue weighted by molar-refractivity contribution is -0.132. The lowest BCUT2D eigenvalue weighted by atomic mass is 10.0. The van der Waals surface area contributed by atoms with Gasteiger partial charge in [-0.1, -0.05) is 23.2 Å². The number of hydrogen-bond acceptors (Lipinski definition) is 3. The fourth-order valence-corrected chi connectivity index (χ4v) is 4.49. The molecule has 0 aliphatic carbocycles. The first kappa shape index (κ1) is 21.7. The maximum atomic E-state index is 12.9. The van der Waals surface area contributed by atoms with E-state index in [1.807, 2.05) is 35.2 Å². The average Bonchev–Trinajstić information content (AvgIpc) is 3.08. The second-order valence-corrected chi connectivity index (χ2v) is 8.65. The first-order chi connectivity index (χ1) is 14.9. The highest BCUT2D eigenvalue weighted by atomic mass is 35.5. The van der Waals surface area contributed by atoms with Crippen molar-refractivity contribution in [1.29, 1.82) is 0 Å². The minimum Gasteiger partial charge on any atom is -0.357 e. The second-order valence-electron chi connectivity index (χ2n) is 7.77. The number of fused-ring (bicyclic) bond motifs is 3. The minimum atomic E-state index is -0.157. The summed E-state index contributed by atoms with van der Waals surface area (Å²) < 4.78 is 0. The van der Waals surface area contributed by atoms with Crippen molar-refractivity contribution in [2.45, 2.75) is 32.2 Å². The first-order valence-electron chi connectivity index (χ1n) is 10.3. The Balaban J connectivity index is 1.40. The van der Waals surface area contributed by atoms with Gasteiger partial charge in [0.1, 0.15) is 0 Å². The highest BCUT2D eigenvalue weighted by Gasteiger charge is 2.23. The molecule has 0 unspecified atom stereocenters. The van der Waals surface area contributed by atoms with Gasteiger partial charge in [0, 0.05) is 58.3 Å². The molecule has 0 saturated heterocycles. The van der Waals surface area contributed by atoms with Crippen molar-refractivity contribution in [2.75, 3.05) is 18.4 Å². The number of nitrogens with one attached hydrogen (secondary N) is 2. The van der Waals surface area contributed by atoms with Gasteiger partial charge in [-0.3, -0.25) is 9.59 Å². The van der Waals surface area contributed by atoms with Crippen molar-refractivity contribution in [3.8, 4) is 0 Å². The average molecular weight is 459 g/mol. The summed E-state index contributed by atoms with van der Waals surface area (Å²) in [6, 6.07) is 11.2. The second kappa shape index (κ2) is 9.30. The number of aromatic nitrogens is 1. The van der Waals surface area contributed by atoms with Crippen LogP contribution in [0.2, 0.25) is 10.0 Å². The summed E-state index contributed by atoms with van der Waals surface area (Å²) in [6.45, 7) is 1.53. The Bertz CT molecular complexity index is 1140. The molecule has 1 aliphatic heterocycles. The molecule has 0 radical (unpaired) electrons.